The summed E-state index contributed by atoms with van der Waals surface area (Å²) in [7, 11) is -3.58. The molecule has 1 aromatic heterocycles. The average Bonchev–Trinajstić information content (AvgIpc) is 3.50. The number of nitrogens with one attached hydrogen (secondary N) is 1. The van der Waals surface area contributed by atoms with Crippen LogP contribution in [0, 0.1) is 5.92 Å². The van der Waals surface area contributed by atoms with Gasteiger partial charge >= 0.3 is 0 Å². The van der Waals surface area contributed by atoms with Crippen LogP contribution in [-0.2, 0) is 19.6 Å². The number of hydrogen-bond donors (Lipinski definition) is 1. The number of rotatable bonds is 8. The van der Waals surface area contributed by atoms with Crippen LogP contribution in [0.15, 0.2) is 64.2 Å². The largest absolute Gasteiger partial charge is 0.423 e. The van der Waals surface area contributed by atoms with Crippen molar-refractivity contribution < 1.29 is 22.4 Å². The van der Waals surface area contributed by atoms with E-state index in [9.17, 15) is 18.0 Å². The summed E-state index contributed by atoms with van der Waals surface area (Å²) < 4.78 is 31.9. The molecule has 1 saturated heterocycles. The van der Waals surface area contributed by atoms with Gasteiger partial charge in [0.05, 0.1) is 10.8 Å². The Balaban J connectivity index is 1.44. The number of sulfonamides is 1. The van der Waals surface area contributed by atoms with E-state index in [-0.39, 0.29) is 29.7 Å². The van der Waals surface area contributed by atoms with Crippen molar-refractivity contribution in [2.75, 3.05) is 29.9 Å². The summed E-state index contributed by atoms with van der Waals surface area (Å²) in [4.78, 5) is 27.1. The van der Waals surface area contributed by atoms with E-state index in [1.807, 2.05) is 0 Å². The van der Waals surface area contributed by atoms with Gasteiger partial charge in [-0.15, -0.1) is 10.2 Å². The first-order valence-corrected chi connectivity index (χ1v) is 12.4. The quantitative estimate of drug-likeness (QED) is 0.522. The number of hydrogen-bond acceptors (Lipinski definition) is 7. The van der Waals surface area contributed by atoms with Gasteiger partial charge in [0.2, 0.25) is 34.1 Å². The Morgan fingerprint density at radius 2 is 1.91 bits per heavy atom. The Morgan fingerprint density at radius 3 is 2.56 bits per heavy atom. The molecule has 178 valence electrons. The van der Waals surface area contributed by atoms with Crippen LogP contribution in [0.25, 0.3) is 11.5 Å². The maximum absolute atomic E-state index is 12.8. The van der Waals surface area contributed by atoms with Crippen LogP contribution in [0.3, 0.4) is 0 Å². The van der Waals surface area contributed by atoms with E-state index in [2.05, 4.69) is 15.5 Å². The first-order chi connectivity index (χ1) is 16.3. The van der Waals surface area contributed by atoms with E-state index in [0.717, 1.165) is 0 Å². The molecular formula is C23H25N5O5S. The fourth-order valence-corrected chi connectivity index (χ4v) is 5.37. The van der Waals surface area contributed by atoms with Crippen LogP contribution >= 0.6 is 0 Å². The molecule has 3 aromatic rings. The third-order valence-corrected chi connectivity index (χ3v) is 7.79. The molecule has 0 aliphatic carbocycles. The van der Waals surface area contributed by atoms with Gasteiger partial charge in [-0.2, -0.15) is 4.31 Å². The van der Waals surface area contributed by atoms with Gasteiger partial charge in [-0.1, -0.05) is 19.9 Å². The molecule has 10 nitrogen and oxygen atoms in total. The Bertz CT molecular complexity index is 1270. The van der Waals surface area contributed by atoms with Crippen molar-refractivity contribution in [1.82, 2.24) is 14.5 Å². The number of benzene rings is 2. The van der Waals surface area contributed by atoms with Gasteiger partial charge in [0.1, 0.15) is 0 Å². The van der Waals surface area contributed by atoms with E-state index < -0.39 is 15.9 Å². The molecule has 2 aromatic carbocycles. The van der Waals surface area contributed by atoms with Gasteiger partial charge in [0.25, 0.3) is 0 Å². The predicted molar refractivity (Wildman–Crippen MR) is 125 cm³/mol. The topological polar surface area (TPSA) is 126 Å². The van der Waals surface area contributed by atoms with Crippen LogP contribution in [0.2, 0.25) is 0 Å². The van der Waals surface area contributed by atoms with Gasteiger partial charge < -0.3 is 14.6 Å². The van der Waals surface area contributed by atoms with Gasteiger partial charge in [-0.3, -0.25) is 9.59 Å². The Hall–Kier alpha value is -3.57. The number of carbonyl (C=O) groups excluding carboxylic acids is 2. The lowest BCUT2D eigenvalue weighted by molar-refractivity contribution is -0.122. The van der Waals surface area contributed by atoms with Gasteiger partial charge in [0, 0.05) is 43.0 Å². The minimum atomic E-state index is -3.58. The summed E-state index contributed by atoms with van der Waals surface area (Å²) in [5.74, 6) is -0.679. The number of carbonyl (C=O) groups is 2. The molecule has 1 unspecified atom stereocenters. The molecule has 1 aliphatic heterocycles. The van der Waals surface area contributed by atoms with Crippen molar-refractivity contribution >= 4 is 33.2 Å². The molecule has 34 heavy (non-hydrogen) atoms. The fourth-order valence-electron chi connectivity index (χ4n) is 3.92. The van der Waals surface area contributed by atoms with Crippen LogP contribution in [0.4, 0.5) is 11.4 Å². The maximum atomic E-state index is 12.8. The predicted octanol–water partition coefficient (Wildman–Crippen LogP) is 2.76. The second-order valence-corrected chi connectivity index (χ2v) is 9.74. The number of nitrogens with zero attached hydrogens (tertiary/aromatic N) is 4. The summed E-state index contributed by atoms with van der Waals surface area (Å²) in [5, 5.41) is 10.3. The maximum Gasteiger partial charge on any atom is 0.247 e. The molecule has 1 aliphatic rings. The van der Waals surface area contributed by atoms with Crippen molar-refractivity contribution in [3.63, 3.8) is 0 Å². The van der Waals surface area contributed by atoms with Crippen LogP contribution in [-0.4, -0.2) is 54.4 Å². The lowest BCUT2D eigenvalue weighted by Crippen LogP contribution is -2.31. The SMILES string of the molecule is CCN(CC)S(=O)(=O)c1ccc(N2CC(C(=O)Nc3cccc(-c4nnco4)c3)CC2=O)cc1. The number of anilines is 2. The summed E-state index contributed by atoms with van der Waals surface area (Å²) in [6.45, 7) is 4.52. The van der Waals surface area contributed by atoms with Gasteiger partial charge in [-0.05, 0) is 42.5 Å². The third kappa shape index (κ3) is 4.70. The monoisotopic (exact) mass is 483 g/mol. The molecule has 1 N–H and O–H groups in total. The first-order valence-electron chi connectivity index (χ1n) is 10.9. The molecular weight excluding hydrogens is 458 g/mol. The van der Waals surface area contributed by atoms with Crippen molar-refractivity contribution in [3.8, 4) is 11.5 Å². The third-order valence-electron chi connectivity index (χ3n) is 5.72. The number of aromatic nitrogens is 2. The molecule has 1 atom stereocenters. The van der Waals surface area contributed by atoms with Crippen LogP contribution < -0.4 is 10.2 Å². The lowest BCUT2D eigenvalue weighted by Gasteiger charge is -2.20. The van der Waals surface area contributed by atoms with Crippen LogP contribution in [0.1, 0.15) is 20.3 Å². The summed E-state index contributed by atoms with van der Waals surface area (Å²) in [6.07, 6.45) is 1.29. The highest BCUT2D eigenvalue weighted by Crippen LogP contribution is 2.28. The molecule has 4 rings (SSSR count). The molecule has 1 fully saturated rings. The zero-order valence-electron chi connectivity index (χ0n) is 18.8. The highest BCUT2D eigenvalue weighted by molar-refractivity contribution is 7.89. The Kier molecular flexibility index (Phi) is 6.75. The molecule has 2 amide bonds. The second-order valence-electron chi connectivity index (χ2n) is 7.80. The highest BCUT2D eigenvalue weighted by Gasteiger charge is 2.35. The summed E-state index contributed by atoms with van der Waals surface area (Å²) in [6, 6.07) is 13.2. The van der Waals surface area contributed by atoms with E-state index in [4.69, 9.17) is 4.42 Å². The smallest absolute Gasteiger partial charge is 0.247 e. The standard InChI is InChI=1S/C23H25N5O5S/c1-3-27(4-2)34(31,32)20-10-8-19(9-11-20)28-14-17(13-21(28)29)22(30)25-18-7-5-6-16(12-18)23-26-24-15-33-23/h5-12,15,17H,3-4,13-14H2,1-2H3,(H,25,30). The molecule has 11 heteroatoms. The van der Waals surface area contributed by atoms with E-state index in [0.29, 0.717) is 35.9 Å². The van der Waals surface area contributed by atoms with Crippen molar-refractivity contribution in [2.24, 2.45) is 5.92 Å². The number of amides is 2. The minimum Gasteiger partial charge on any atom is -0.423 e. The first kappa shape index (κ1) is 23.6. The summed E-state index contributed by atoms with van der Waals surface area (Å²) in [5.41, 5.74) is 1.77. The average molecular weight is 484 g/mol. The van der Waals surface area contributed by atoms with Crippen LogP contribution in [0.5, 0.6) is 0 Å². The zero-order valence-corrected chi connectivity index (χ0v) is 19.7. The highest BCUT2D eigenvalue weighted by atomic mass is 32.2. The minimum absolute atomic E-state index is 0.0642. The van der Waals surface area contributed by atoms with Crippen molar-refractivity contribution in [3.05, 3.63) is 54.9 Å². The Morgan fingerprint density at radius 1 is 1.18 bits per heavy atom. The summed E-state index contributed by atoms with van der Waals surface area (Å²) >= 11 is 0. The van der Waals surface area contributed by atoms with E-state index in [1.165, 1.54) is 27.7 Å². The van der Waals surface area contributed by atoms with Gasteiger partial charge in [-0.25, -0.2) is 8.42 Å². The zero-order chi connectivity index (χ0) is 24.3. The Labute approximate surface area is 197 Å². The second kappa shape index (κ2) is 9.74. The molecule has 2 heterocycles. The molecule has 0 spiro atoms. The van der Waals surface area contributed by atoms with Crippen molar-refractivity contribution in [2.45, 2.75) is 25.2 Å². The molecule has 0 bridgehead atoms. The van der Waals surface area contributed by atoms with Crippen molar-refractivity contribution in [1.29, 1.82) is 0 Å². The molecule has 0 saturated carbocycles. The lowest BCUT2D eigenvalue weighted by atomic mass is 10.1. The normalized spacial score (nSPS) is 16.3. The van der Waals surface area contributed by atoms with Gasteiger partial charge in [0.15, 0.2) is 0 Å². The fraction of sp³-hybridized carbons (Fsp3) is 0.304. The van der Waals surface area contributed by atoms with E-state index in [1.54, 1.807) is 50.2 Å². The van der Waals surface area contributed by atoms with E-state index >= 15 is 0 Å². The molecule has 0 radical (unpaired) electrons.